The monoisotopic (exact) mass is 430 g/mol. The van der Waals surface area contributed by atoms with Crippen molar-refractivity contribution in [3.05, 3.63) is 0 Å². The Morgan fingerprint density at radius 1 is 1.54 bits per heavy atom. The molecule has 4 N–H and O–H groups in total. The van der Waals surface area contributed by atoms with Gasteiger partial charge in [-0.15, -0.1) is 0 Å². The van der Waals surface area contributed by atoms with Crippen LogP contribution >= 0.6 is 0 Å². The van der Waals surface area contributed by atoms with E-state index in [1.54, 1.807) is 0 Å². The summed E-state index contributed by atoms with van der Waals surface area (Å²) in [5.74, 6) is -1.03. The molecule has 0 bridgehead atoms. The number of amides is 1. The van der Waals surface area contributed by atoms with Crippen molar-refractivity contribution >= 4 is 12.4 Å². The number of carbonyl (C=O) groups excluding carboxylic acids is 1. The summed E-state index contributed by atoms with van der Waals surface area (Å²) in [6.45, 7) is 0.539. The molecule has 1 atom stereocenters. The first-order chi connectivity index (χ1) is 5.72. The summed E-state index contributed by atoms with van der Waals surface area (Å²) in [5.41, 5.74) is 5.22. The van der Waals surface area contributed by atoms with E-state index in [4.69, 9.17) is 10.8 Å². The first kappa shape index (κ1) is 13.5. The molecule has 82 valence electrons. The Labute approximate surface area is 70.9 Å². The van der Waals surface area contributed by atoms with Gasteiger partial charge in [-0.1, -0.05) is 0 Å². The molecule has 0 saturated heterocycles. The summed E-state index contributed by atoms with van der Waals surface area (Å²) in [6.07, 6.45) is 3.23. The summed E-state index contributed by atoms with van der Waals surface area (Å²) >= 11 is 0. The number of rotatable bonds is 7. The molecule has 13 heavy (non-hydrogen) atoms. The molecule has 0 radical (unpaired) electrons. The van der Waals surface area contributed by atoms with Crippen molar-refractivity contribution in [2.75, 3.05) is 6.54 Å². The molecule has 0 heterocycles. The molecule has 6 heteroatoms. The third-order valence-corrected chi connectivity index (χ3v) is 1.48. The second-order valence-electron chi connectivity index (χ2n) is 2.42. The molecule has 0 saturated carbocycles. The van der Waals surface area contributed by atoms with Gasteiger partial charge < -0.3 is 21.0 Å². The Bertz CT molecular complexity index is 155. The topological polar surface area (TPSA) is 92.4 Å². The number of carbonyl (C=O) groups is 1. The summed E-state index contributed by atoms with van der Waals surface area (Å²) in [5, 5.41) is 10.6. The number of hydrogen-bond acceptors (Lipinski definition) is 3. The normalized spacial score (nSPS) is 11.2. The van der Waals surface area contributed by atoms with Crippen LogP contribution in [0.3, 0.4) is 0 Å². The Morgan fingerprint density at radius 2 is 2.15 bits per heavy atom. The van der Waals surface area contributed by atoms with E-state index >= 15 is 0 Å². The van der Waals surface area contributed by atoms with Crippen molar-refractivity contribution in [1.29, 1.82) is 0 Å². The van der Waals surface area contributed by atoms with Crippen LogP contribution in [0.25, 0.3) is 0 Å². The molecule has 0 aromatic carbocycles. The number of unbranched alkanes of at least 4 members (excludes halogenated alkanes) is 1. The zero-order chi connectivity index (χ0) is 9.40. The van der Waals surface area contributed by atoms with Gasteiger partial charge in [0, 0.05) is 0 Å². The van der Waals surface area contributed by atoms with Crippen molar-refractivity contribution in [3.8, 4) is 0 Å². The molecule has 0 aromatic rings. The molecule has 0 aliphatic rings. The quantitative estimate of drug-likeness (QED) is 0.281. The van der Waals surface area contributed by atoms with Gasteiger partial charge in [-0.2, -0.15) is 6.41 Å². The Hall–Kier alpha value is -2.10. The van der Waals surface area contributed by atoms with E-state index in [2.05, 4.69) is 5.32 Å². The predicted octanol–water partition coefficient (Wildman–Crippen LogP) is -0.775. The second kappa shape index (κ2) is 8.00. The van der Waals surface area contributed by atoms with Gasteiger partial charge in [-0.3, -0.25) is 4.79 Å². The van der Waals surface area contributed by atoms with Crippen LogP contribution in [0, 0.1) is 0 Å². The minimum atomic E-state index is -1.03. The van der Waals surface area contributed by atoms with Crippen LogP contribution in [0.2, 0.25) is 0 Å². The summed E-state index contributed by atoms with van der Waals surface area (Å²) in [6, 6.07) is -0.825. The fourth-order valence-electron chi connectivity index (χ4n) is 0.821. The van der Waals surface area contributed by atoms with E-state index in [1.807, 2.05) is 0 Å². The number of carboxylic acid groups (broad SMARTS) is 1. The van der Waals surface area contributed by atoms with Crippen LogP contribution in [0.5, 0.6) is 0 Å². The van der Waals surface area contributed by atoms with Crippen molar-refractivity contribution in [2.45, 2.75) is 25.3 Å². The summed E-state index contributed by atoms with van der Waals surface area (Å²) in [7, 11) is 0. The Balaban J connectivity index is 0. The number of nitrogens with two attached hydrogens (primary N) is 1. The number of aliphatic carboxylic acids is 1. The Kier molecular flexibility index (Phi) is 8.30. The molecular weight excluding hydrogens is 417 g/mol. The van der Waals surface area contributed by atoms with Gasteiger partial charge in [0.25, 0.3) is 0 Å². The van der Waals surface area contributed by atoms with E-state index in [9.17, 15) is 9.59 Å². The first-order valence-corrected chi connectivity index (χ1v) is 3.78. The molecular formula is C7H13FmN2O3-. The fraction of sp³-hybridized carbons (Fsp3) is 0.714. The number of carboxylic acids is 1. The molecule has 0 aliphatic heterocycles. The smallest absolute Gasteiger partial charge is 0.323 e. The standard InChI is InChI=1S/C7H13N2O3.Fm/c8-4-2-1-3-6(7(11)12)9-5-10;/h6H,1-4,8H2,(H,9,10)(H,11,12);/q-1;/t6-;/m0./s1. The number of hydrogen-bond donors (Lipinski definition) is 3. The van der Waals surface area contributed by atoms with Crippen molar-refractivity contribution in [1.82, 2.24) is 5.32 Å². The van der Waals surface area contributed by atoms with Crippen LogP contribution < -0.4 is 11.1 Å². The second-order valence-corrected chi connectivity index (χ2v) is 2.42. The number of nitrogens with one attached hydrogen (secondary N) is 1. The zero-order valence-electron chi connectivity index (χ0n) is 7.04. The van der Waals surface area contributed by atoms with Gasteiger partial charge in [0.1, 0.15) is 0 Å². The summed E-state index contributed by atoms with van der Waals surface area (Å²) < 4.78 is 0. The van der Waals surface area contributed by atoms with Crippen molar-refractivity contribution < 1.29 is 14.7 Å². The van der Waals surface area contributed by atoms with E-state index < -0.39 is 12.0 Å². The van der Waals surface area contributed by atoms with Crippen LogP contribution in [0.1, 0.15) is 19.3 Å². The van der Waals surface area contributed by atoms with E-state index in [0.29, 0.717) is 19.4 Å². The average molecular weight is 430 g/mol. The fourth-order valence-corrected chi connectivity index (χ4v) is 0.821. The van der Waals surface area contributed by atoms with Gasteiger partial charge >= 0.3 is 5.97 Å². The van der Waals surface area contributed by atoms with Crippen LogP contribution in [-0.2, 0) is 9.59 Å². The molecule has 0 spiro atoms. The SMILES string of the molecule is NCCCC[C@H](N[C-]=O)C(=O)O.[Fm]. The van der Waals surface area contributed by atoms with Gasteiger partial charge in [-0.05, 0) is 25.8 Å². The summed E-state index contributed by atoms with van der Waals surface area (Å²) in [4.78, 5) is 20.2. The van der Waals surface area contributed by atoms with Gasteiger partial charge in [-0.25, -0.2) is 0 Å². The van der Waals surface area contributed by atoms with Crippen molar-refractivity contribution in [3.63, 3.8) is 0 Å². The minimum Gasteiger partial charge on any atom is -0.520 e. The largest absolute Gasteiger partial charge is 0.520 e. The van der Waals surface area contributed by atoms with E-state index in [0.717, 1.165) is 6.42 Å². The maximum absolute atomic E-state index is 10.4. The van der Waals surface area contributed by atoms with Gasteiger partial charge in [0.05, 0.1) is 6.04 Å². The zero-order valence-corrected chi connectivity index (χ0v) is 9.44. The van der Waals surface area contributed by atoms with Gasteiger partial charge in [0.2, 0.25) is 0 Å². The molecule has 0 fully saturated rings. The van der Waals surface area contributed by atoms with Crippen LogP contribution in [0.15, 0.2) is 0 Å². The molecule has 0 aromatic heterocycles. The van der Waals surface area contributed by atoms with E-state index in [1.165, 1.54) is 6.41 Å². The molecule has 0 rings (SSSR count). The van der Waals surface area contributed by atoms with Gasteiger partial charge in [0.15, 0.2) is 0 Å². The molecule has 0 unspecified atom stereocenters. The maximum atomic E-state index is 10.4. The van der Waals surface area contributed by atoms with E-state index in [-0.39, 0.29) is 0 Å². The van der Waals surface area contributed by atoms with Crippen molar-refractivity contribution in [2.24, 2.45) is 5.73 Å². The minimum absolute atomic E-state index is 0. The first-order valence-electron chi connectivity index (χ1n) is 3.78. The predicted molar refractivity (Wildman–Crippen MR) is 43.2 cm³/mol. The molecule has 5 nitrogen and oxygen atoms in total. The molecule has 0 aliphatic carbocycles. The maximum Gasteiger partial charge on any atom is 0.323 e. The Morgan fingerprint density at radius 3 is 2.54 bits per heavy atom. The van der Waals surface area contributed by atoms with Crippen LogP contribution in [-0.4, -0.2) is 30.1 Å². The third kappa shape index (κ3) is 6.30. The average Bonchev–Trinajstić information content (AvgIpc) is 2.03. The third-order valence-electron chi connectivity index (χ3n) is 1.48. The van der Waals surface area contributed by atoms with Crippen LogP contribution in [0.4, 0.5) is 0 Å². The molecule has 1 amide bonds.